The second kappa shape index (κ2) is 13.4. The van der Waals surface area contributed by atoms with Crippen molar-refractivity contribution < 1.29 is 42.2 Å². The number of aromatic nitrogens is 1. The van der Waals surface area contributed by atoms with Crippen LogP contribution >= 0.6 is 39.1 Å². The topological polar surface area (TPSA) is 129 Å². The molecule has 55 heavy (non-hydrogen) atoms. The summed E-state index contributed by atoms with van der Waals surface area (Å²) in [5.41, 5.74) is 1.19. The molecule has 0 spiro atoms. The fraction of sp³-hybridized carbons (Fsp3) is 0.256. The molecule has 6 atom stereocenters. The number of ether oxygens (including phenoxy) is 1. The Morgan fingerprint density at radius 3 is 2.29 bits per heavy atom. The summed E-state index contributed by atoms with van der Waals surface area (Å²) in [6.45, 7) is 0. The van der Waals surface area contributed by atoms with E-state index in [1.54, 1.807) is 60.7 Å². The molecule has 0 bridgehead atoms. The molecule has 0 radical (unpaired) electrons. The number of hydrogen-bond acceptors (Lipinski definition) is 8. The average Bonchev–Trinajstić information content (AvgIpc) is 3.53. The van der Waals surface area contributed by atoms with Gasteiger partial charge in [-0.3, -0.25) is 29.5 Å². The van der Waals surface area contributed by atoms with Crippen molar-refractivity contribution in [1.82, 2.24) is 9.99 Å². The quantitative estimate of drug-likeness (QED) is 0.147. The van der Waals surface area contributed by atoms with Gasteiger partial charge >= 0.3 is 6.18 Å². The number of rotatable bonds is 6. The number of carbonyl (C=O) groups is 4. The number of alkyl halides is 3. The number of nitrogens with zero attached hydrogens (tertiary/aromatic N) is 3. The van der Waals surface area contributed by atoms with Crippen molar-refractivity contribution in [3.8, 4) is 11.5 Å². The number of anilines is 2. The molecule has 1 saturated carbocycles. The molecule has 4 amide bonds. The number of imide groups is 2. The average molecular weight is 856 g/mol. The van der Waals surface area contributed by atoms with E-state index in [1.165, 1.54) is 13.2 Å². The Kier molecular flexibility index (Phi) is 9.01. The van der Waals surface area contributed by atoms with Crippen molar-refractivity contribution in [2.24, 2.45) is 23.7 Å². The first kappa shape index (κ1) is 37.0. The molecule has 3 fully saturated rings. The van der Waals surface area contributed by atoms with Crippen molar-refractivity contribution in [2.45, 2.75) is 30.4 Å². The van der Waals surface area contributed by atoms with Crippen molar-refractivity contribution in [3.05, 3.63) is 122 Å². The Bertz CT molecular complexity index is 2330. The van der Waals surface area contributed by atoms with E-state index < -0.39 is 75.4 Å². The van der Waals surface area contributed by atoms with E-state index >= 15 is 4.79 Å². The summed E-state index contributed by atoms with van der Waals surface area (Å²) in [7, 11) is 1.42. The number of benzene rings is 3. The predicted molar refractivity (Wildman–Crippen MR) is 198 cm³/mol. The third-order valence-corrected chi connectivity index (χ3v) is 12.3. The van der Waals surface area contributed by atoms with Crippen LogP contribution in [-0.4, -0.2) is 45.8 Å². The van der Waals surface area contributed by atoms with E-state index in [1.807, 2.05) is 6.08 Å². The van der Waals surface area contributed by atoms with Crippen LogP contribution in [0.4, 0.5) is 24.7 Å². The monoisotopic (exact) mass is 854 g/mol. The minimum atomic E-state index is -4.76. The lowest BCUT2D eigenvalue weighted by molar-refractivity contribution is -0.139. The molecular weight excluding hydrogens is 828 g/mol. The van der Waals surface area contributed by atoms with Crippen LogP contribution in [-0.2, 0) is 30.8 Å². The lowest BCUT2D eigenvalue weighted by Gasteiger charge is -2.50. The molecule has 2 N–H and O–H groups in total. The summed E-state index contributed by atoms with van der Waals surface area (Å²) in [6.07, 6.45) is -2.35. The molecule has 4 aliphatic rings. The number of phenolic OH excluding ortho intramolecular Hbond substituents is 1. The zero-order chi connectivity index (χ0) is 39.1. The number of allylic oxidation sites excluding steroid dienone is 2. The number of amides is 4. The lowest BCUT2D eigenvalue weighted by Crippen LogP contribution is -2.53. The van der Waals surface area contributed by atoms with Gasteiger partial charge in [0.2, 0.25) is 11.8 Å². The van der Waals surface area contributed by atoms with Gasteiger partial charge in [-0.1, -0.05) is 69.0 Å². The predicted octanol–water partition coefficient (Wildman–Crippen LogP) is 8.07. The van der Waals surface area contributed by atoms with Gasteiger partial charge in [0.15, 0.2) is 5.82 Å². The van der Waals surface area contributed by atoms with Gasteiger partial charge in [-0.25, -0.2) is 4.98 Å². The Hall–Kier alpha value is -4.92. The maximum absolute atomic E-state index is 15.3. The molecule has 2 aliphatic carbocycles. The number of pyridine rings is 1. The van der Waals surface area contributed by atoms with Crippen LogP contribution in [0.3, 0.4) is 0 Å². The SMILES string of the molecule is COc1ccc([C@H]2C3=CC[C@@H]4C(=O)N(c5ccc(Br)cc5)C(=O)[C@@H]4[C@@H]3C[C@H]3C(=O)N(Nc4ncc(C(F)(F)F)cc4Cl)C(=O)[C@@]23c2ccc(Cl)cc2)c(O)c1. The fourth-order valence-corrected chi connectivity index (χ4v) is 9.47. The molecule has 3 heterocycles. The molecule has 10 nitrogen and oxygen atoms in total. The first-order valence-electron chi connectivity index (χ1n) is 17.0. The molecule has 2 aliphatic heterocycles. The summed E-state index contributed by atoms with van der Waals surface area (Å²) >= 11 is 16.0. The minimum Gasteiger partial charge on any atom is -0.508 e. The first-order chi connectivity index (χ1) is 26.2. The third kappa shape index (κ3) is 5.71. The summed E-state index contributed by atoms with van der Waals surface area (Å²) in [4.78, 5) is 63.5. The van der Waals surface area contributed by atoms with Gasteiger partial charge in [0.1, 0.15) is 11.5 Å². The number of hydrazine groups is 1. The van der Waals surface area contributed by atoms with Crippen LogP contribution < -0.4 is 15.1 Å². The lowest BCUT2D eigenvalue weighted by atomic mass is 9.49. The van der Waals surface area contributed by atoms with Crippen molar-refractivity contribution >= 4 is 74.3 Å². The maximum atomic E-state index is 15.3. The van der Waals surface area contributed by atoms with Crippen molar-refractivity contribution in [2.75, 3.05) is 17.4 Å². The van der Waals surface area contributed by atoms with E-state index in [-0.39, 0.29) is 30.0 Å². The van der Waals surface area contributed by atoms with Gasteiger partial charge in [-0.2, -0.15) is 18.2 Å². The maximum Gasteiger partial charge on any atom is 0.417 e. The molecule has 1 aromatic heterocycles. The van der Waals surface area contributed by atoms with Crippen LogP contribution in [0.25, 0.3) is 0 Å². The van der Waals surface area contributed by atoms with E-state index in [2.05, 4.69) is 26.3 Å². The summed E-state index contributed by atoms with van der Waals surface area (Å²) < 4.78 is 46.5. The van der Waals surface area contributed by atoms with Gasteiger partial charge in [0.25, 0.3) is 11.8 Å². The third-order valence-electron chi connectivity index (χ3n) is 11.2. The highest BCUT2D eigenvalue weighted by molar-refractivity contribution is 9.10. The number of phenols is 1. The van der Waals surface area contributed by atoms with E-state index in [9.17, 15) is 32.7 Å². The van der Waals surface area contributed by atoms with Crippen LogP contribution in [0.1, 0.15) is 35.4 Å². The number of hydrogen-bond donors (Lipinski definition) is 2. The number of aromatic hydroxyl groups is 1. The van der Waals surface area contributed by atoms with Crippen LogP contribution in [0.2, 0.25) is 10.0 Å². The smallest absolute Gasteiger partial charge is 0.417 e. The first-order valence-corrected chi connectivity index (χ1v) is 18.6. The highest BCUT2D eigenvalue weighted by atomic mass is 79.9. The minimum absolute atomic E-state index is 0.0762. The zero-order valence-electron chi connectivity index (χ0n) is 28.5. The Balaban J connectivity index is 1.32. The molecule has 4 aromatic rings. The van der Waals surface area contributed by atoms with E-state index in [0.29, 0.717) is 44.9 Å². The highest BCUT2D eigenvalue weighted by Crippen LogP contribution is 2.65. The van der Waals surface area contributed by atoms with Crippen molar-refractivity contribution in [1.29, 1.82) is 0 Å². The van der Waals surface area contributed by atoms with Gasteiger partial charge < -0.3 is 9.84 Å². The molecular formula is C39H28BrCl2F3N4O6. The van der Waals surface area contributed by atoms with Crippen molar-refractivity contribution in [3.63, 3.8) is 0 Å². The van der Waals surface area contributed by atoms with Gasteiger partial charge in [-0.05, 0) is 72.9 Å². The summed E-state index contributed by atoms with van der Waals surface area (Å²) in [5, 5.41) is 12.2. The molecule has 2 saturated heterocycles. The highest BCUT2D eigenvalue weighted by Gasteiger charge is 2.70. The number of nitrogens with one attached hydrogen (secondary N) is 1. The van der Waals surface area contributed by atoms with E-state index in [0.717, 1.165) is 9.37 Å². The standard InChI is InChI=1S/C39H28BrCl2F3N4O6/c1-55-23-10-11-25(30(50)15-23)32-24-12-13-26-31(36(53)48(34(26)51)22-8-4-20(40)5-9-22)27(24)16-28-35(52)49(37(54)38(28,32)18-2-6-21(41)7-3-18)47-33-29(42)14-19(17-46-33)39(43,44)45/h2-12,14-15,17,26-28,31-32,50H,13,16H2,1H3,(H,46,47)/t26-,27+,28-,31-,32+,38+/m0/s1. The molecule has 8 rings (SSSR count). The van der Waals surface area contributed by atoms with E-state index in [4.69, 9.17) is 27.9 Å². The molecule has 16 heteroatoms. The zero-order valence-corrected chi connectivity index (χ0v) is 31.6. The Morgan fingerprint density at radius 2 is 1.65 bits per heavy atom. The van der Waals surface area contributed by atoms with Crippen LogP contribution in [0, 0.1) is 23.7 Å². The fourth-order valence-electron chi connectivity index (χ4n) is 8.87. The molecule has 0 unspecified atom stereocenters. The number of fused-ring (bicyclic) bond motifs is 4. The van der Waals surface area contributed by atoms with Crippen LogP contribution in [0.5, 0.6) is 11.5 Å². The summed E-state index contributed by atoms with van der Waals surface area (Å²) in [6, 6.07) is 18.2. The normalized spacial score (nSPS) is 26.1. The Labute approximate surface area is 330 Å². The summed E-state index contributed by atoms with van der Waals surface area (Å²) in [5.74, 6) is -7.56. The van der Waals surface area contributed by atoms with Gasteiger partial charge in [0, 0.05) is 33.2 Å². The number of halogens is 6. The number of carbonyl (C=O) groups excluding carboxylic acids is 4. The van der Waals surface area contributed by atoms with Crippen LogP contribution in [0.15, 0.2) is 95.1 Å². The largest absolute Gasteiger partial charge is 0.508 e. The second-order valence-corrected chi connectivity index (χ2v) is 15.6. The molecule has 282 valence electrons. The van der Waals surface area contributed by atoms with Gasteiger partial charge in [0.05, 0.1) is 46.6 Å². The molecule has 3 aromatic carbocycles. The second-order valence-electron chi connectivity index (χ2n) is 13.8. The number of methoxy groups -OCH3 is 1. The van der Waals surface area contributed by atoms with Gasteiger partial charge in [-0.15, -0.1) is 0 Å². The Morgan fingerprint density at radius 1 is 0.945 bits per heavy atom.